The first-order chi connectivity index (χ1) is 27.8. The summed E-state index contributed by atoms with van der Waals surface area (Å²) in [6.07, 6.45) is 0. The van der Waals surface area contributed by atoms with Gasteiger partial charge in [-0.2, -0.15) is 0 Å². The van der Waals surface area contributed by atoms with Crippen LogP contribution in [0.3, 0.4) is 0 Å². The molecule has 11 rings (SSSR count). The van der Waals surface area contributed by atoms with Crippen molar-refractivity contribution < 1.29 is 0 Å². The van der Waals surface area contributed by atoms with E-state index in [2.05, 4.69) is 223 Å². The maximum atomic E-state index is 2.46. The molecule has 11 aromatic rings. The van der Waals surface area contributed by atoms with E-state index in [4.69, 9.17) is 0 Å². The molecule has 0 amide bonds. The number of hydrogen-bond acceptors (Lipinski definition) is 0. The number of para-hydroxylation sites is 1. The highest BCUT2D eigenvalue weighted by Gasteiger charge is 2.25. The molecule has 0 aliphatic carbocycles. The lowest BCUT2D eigenvalue weighted by molar-refractivity contribution is 0.994. The lowest BCUT2D eigenvalue weighted by Crippen LogP contribution is -2.07. The first-order valence-corrected chi connectivity index (χ1v) is 19.5. The van der Waals surface area contributed by atoms with Gasteiger partial charge in [0.15, 0.2) is 0 Å². The van der Waals surface area contributed by atoms with Crippen LogP contribution in [0.15, 0.2) is 218 Å². The van der Waals surface area contributed by atoms with Crippen molar-refractivity contribution in [2.24, 2.45) is 0 Å². The molecule has 0 saturated heterocycles. The SMILES string of the molecule is c1ccc(-c2ccccc2C(c2cccc(-c3cccc4c3c3cc5ccccc5cc3n4-c3ccccc3)c2)c2cc3ccccc3c3ccccc23)cc1. The maximum absolute atomic E-state index is 2.46. The van der Waals surface area contributed by atoms with Crippen molar-refractivity contribution in [2.75, 3.05) is 0 Å². The molecule has 0 bridgehead atoms. The molecule has 1 atom stereocenters. The molecule has 0 aliphatic heterocycles. The molecule has 0 radical (unpaired) electrons. The van der Waals surface area contributed by atoms with Gasteiger partial charge in [-0.1, -0.05) is 182 Å². The van der Waals surface area contributed by atoms with Gasteiger partial charge >= 0.3 is 0 Å². The predicted molar refractivity (Wildman–Crippen MR) is 238 cm³/mol. The quantitative estimate of drug-likeness (QED) is 0.120. The summed E-state index contributed by atoms with van der Waals surface area (Å²) in [5.74, 6) is -0.0327. The van der Waals surface area contributed by atoms with Gasteiger partial charge in [0.05, 0.1) is 11.0 Å². The molecule has 262 valence electrons. The Bertz CT molecular complexity index is 3240. The van der Waals surface area contributed by atoms with Crippen LogP contribution < -0.4 is 0 Å². The van der Waals surface area contributed by atoms with Crippen LogP contribution in [-0.2, 0) is 0 Å². The second-order valence-corrected chi connectivity index (χ2v) is 14.8. The third kappa shape index (κ3) is 5.24. The lowest BCUT2D eigenvalue weighted by Gasteiger charge is -2.25. The van der Waals surface area contributed by atoms with E-state index in [1.165, 1.54) is 93.1 Å². The molecule has 10 aromatic carbocycles. The highest BCUT2D eigenvalue weighted by atomic mass is 15.0. The third-order valence-electron chi connectivity index (χ3n) is 11.7. The summed E-state index contributed by atoms with van der Waals surface area (Å²) in [5, 5.41) is 10.1. The van der Waals surface area contributed by atoms with Gasteiger partial charge in [0.25, 0.3) is 0 Å². The fourth-order valence-electron chi connectivity index (χ4n) is 9.21. The summed E-state index contributed by atoms with van der Waals surface area (Å²) >= 11 is 0. The third-order valence-corrected chi connectivity index (χ3v) is 11.7. The number of rotatable bonds is 6. The van der Waals surface area contributed by atoms with Crippen molar-refractivity contribution in [2.45, 2.75) is 5.92 Å². The normalized spacial score (nSPS) is 12.2. The highest BCUT2D eigenvalue weighted by molar-refractivity contribution is 6.18. The van der Waals surface area contributed by atoms with Crippen molar-refractivity contribution in [1.29, 1.82) is 0 Å². The highest BCUT2D eigenvalue weighted by Crippen LogP contribution is 2.45. The average Bonchev–Trinajstić information content (AvgIpc) is 3.60. The van der Waals surface area contributed by atoms with Crippen molar-refractivity contribution in [3.63, 3.8) is 0 Å². The second kappa shape index (κ2) is 13.3. The zero-order chi connectivity index (χ0) is 37.0. The molecule has 1 unspecified atom stereocenters. The first kappa shape index (κ1) is 32.2. The zero-order valence-electron chi connectivity index (χ0n) is 30.8. The van der Waals surface area contributed by atoms with Crippen molar-refractivity contribution >= 4 is 54.1 Å². The Morgan fingerprint density at radius 2 is 0.929 bits per heavy atom. The van der Waals surface area contributed by atoms with Gasteiger partial charge in [-0.15, -0.1) is 0 Å². The largest absolute Gasteiger partial charge is 0.309 e. The van der Waals surface area contributed by atoms with E-state index in [9.17, 15) is 0 Å². The molecule has 1 aromatic heterocycles. The summed E-state index contributed by atoms with van der Waals surface area (Å²) in [5.41, 5.74) is 12.4. The molecule has 0 spiro atoms. The van der Waals surface area contributed by atoms with Crippen molar-refractivity contribution in [1.82, 2.24) is 4.57 Å². The lowest BCUT2D eigenvalue weighted by atomic mass is 9.78. The van der Waals surface area contributed by atoms with Crippen LogP contribution in [0.2, 0.25) is 0 Å². The Morgan fingerprint density at radius 1 is 0.321 bits per heavy atom. The van der Waals surface area contributed by atoms with Gasteiger partial charge in [-0.3, -0.25) is 0 Å². The average molecular weight is 712 g/mol. The molecule has 0 saturated carbocycles. The topological polar surface area (TPSA) is 4.93 Å². The summed E-state index contributed by atoms with van der Waals surface area (Å²) in [4.78, 5) is 0. The molecule has 0 aliphatic rings. The van der Waals surface area contributed by atoms with E-state index < -0.39 is 0 Å². The van der Waals surface area contributed by atoms with Gasteiger partial charge in [0.2, 0.25) is 0 Å². The minimum absolute atomic E-state index is 0.0327. The summed E-state index contributed by atoms with van der Waals surface area (Å²) in [6, 6.07) is 80.4. The Kier molecular flexibility index (Phi) is 7.64. The number of benzene rings is 10. The number of hydrogen-bond donors (Lipinski definition) is 0. The Hall–Kier alpha value is -7.22. The second-order valence-electron chi connectivity index (χ2n) is 14.8. The molecular weight excluding hydrogens is 675 g/mol. The van der Waals surface area contributed by atoms with Gasteiger partial charge in [-0.05, 0) is 108 Å². The molecule has 56 heavy (non-hydrogen) atoms. The van der Waals surface area contributed by atoms with Crippen molar-refractivity contribution in [3.05, 3.63) is 235 Å². The van der Waals surface area contributed by atoms with Gasteiger partial charge in [0, 0.05) is 22.4 Å². The van der Waals surface area contributed by atoms with E-state index in [0.29, 0.717) is 0 Å². The zero-order valence-corrected chi connectivity index (χ0v) is 30.8. The van der Waals surface area contributed by atoms with Gasteiger partial charge < -0.3 is 4.57 Å². The van der Waals surface area contributed by atoms with Crippen LogP contribution in [-0.4, -0.2) is 4.57 Å². The maximum Gasteiger partial charge on any atom is 0.0547 e. The molecule has 1 heterocycles. The van der Waals surface area contributed by atoms with E-state index in [1.807, 2.05) is 0 Å². The Morgan fingerprint density at radius 3 is 1.75 bits per heavy atom. The van der Waals surface area contributed by atoms with E-state index in [-0.39, 0.29) is 5.92 Å². The minimum Gasteiger partial charge on any atom is -0.309 e. The number of nitrogens with zero attached hydrogens (tertiary/aromatic N) is 1. The van der Waals surface area contributed by atoms with Crippen LogP contribution in [0.25, 0.3) is 82.1 Å². The minimum atomic E-state index is -0.0327. The number of fused-ring (bicyclic) bond motifs is 7. The Balaban J connectivity index is 1.20. The van der Waals surface area contributed by atoms with E-state index in [0.717, 1.165) is 5.69 Å². The molecule has 0 N–H and O–H groups in total. The fourth-order valence-corrected chi connectivity index (χ4v) is 9.21. The van der Waals surface area contributed by atoms with Gasteiger partial charge in [-0.25, -0.2) is 0 Å². The van der Waals surface area contributed by atoms with Crippen molar-refractivity contribution in [3.8, 4) is 27.9 Å². The van der Waals surface area contributed by atoms with Crippen LogP contribution in [0, 0.1) is 0 Å². The summed E-state index contributed by atoms with van der Waals surface area (Å²) in [7, 11) is 0. The smallest absolute Gasteiger partial charge is 0.0547 e. The van der Waals surface area contributed by atoms with Crippen LogP contribution >= 0.6 is 0 Å². The number of aromatic nitrogens is 1. The summed E-state index contributed by atoms with van der Waals surface area (Å²) in [6.45, 7) is 0. The van der Waals surface area contributed by atoms with Crippen LogP contribution in [0.4, 0.5) is 0 Å². The van der Waals surface area contributed by atoms with Gasteiger partial charge in [0.1, 0.15) is 0 Å². The van der Waals surface area contributed by atoms with E-state index in [1.54, 1.807) is 0 Å². The van der Waals surface area contributed by atoms with E-state index >= 15 is 0 Å². The molecular formula is C55H37N. The van der Waals surface area contributed by atoms with Crippen LogP contribution in [0.1, 0.15) is 22.6 Å². The fraction of sp³-hybridized carbons (Fsp3) is 0.0182. The Labute approximate surface area is 326 Å². The predicted octanol–water partition coefficient (Wildman–Crippen LogP) is 14.8. The van der Waals surface area contributed by atoms with Crippen LogP contribution in [0.5, 0.6) is 0 Å². The molecule has 1 nitrogen and oxygen atoms in total. The standard InChI is InChI=1S/C55H37N/c1-3-17-37(18-4-1)44-26-11-14-30-49(44)54(50-35-41-21-9-10-27-45(41)47-28-12-13-29-48(47)50)42-23-15-22-40(33-42)46-31-16-32-52-55(46)51-34-38-19-7-8-20-39(38)36-53(51)56(52)43-24-5-2-6-25-43/h1-36,54H. The monoisotopic (exact) mass is 711 g/mol. The molecule has 0 fully saturated rings. The first-order valence-electron chi connectivity index (χ1n) is 19.5. The summed E-state index contributed by atoms with van der Waals surface area (Å²) < 4.78 is 2.44. The molecule has 1 heteroatoms.